The Kier molecular flexibility index (Phi) is 7.68. The maximum absolute atomic E-state index is 13.2. The van der Waals surface area contributed by atoms with Crippen LogP contribution in [0.5, 0.6) is 5.88 Å². The van der Waals surface area contributed by atoms with Crippen molar-refractivity contribution in [1.82, 2.24) is 29.6 Å². The zero-order valence-corrected chi connectivity index (χ0v) is 23.1. The summed E-state index contributed by atoms with van der Waals surface area (Å²) in [5.41, 5.74) is 6.01. The number of likely N-dealkylation sites (tertiary alicyclic amines) is 1. The van der Waals surface area contributed by atoms with Gasteiger partial charge in [0.25, 0.3) is 5.56 Å². The van der Waals surface area contributed by atoms with Crippen LogP contribution in [0.4, 0.5) is 4.79 Å². The van der Waals surface area contributed by atoms with Crippen molar-refractivity contribution in [1.29, 1.82) is 0 Å². The van der Waals surface area contributed by atoms with Gasteiger partial charge in [-0.05, 0) is 31.7 Å². The van der Waals surface area contributed by atoms with Gasteiger partial charge in [-0.1, -0.05) is 39.4 Å². The van der Waals surface area contributed by atoms with Gasteiger partial charge in [0.1, 0.15) is 19.4 Å². The number of amides is 1. The molecule has 0 aromatic carbocycles. The zero-order valence-electron chi connectivity index (χ0n) is 22.1. The van der Waals surface area contributed by atoms with Crippen LogP contribution in [0.15, 0.2) is 17.1 Å². The molecule has 1 aliphatic rings. The lowest BCUT2D eigenvalue weighted by Crippen LogP contribution is -2.38. The van der Waals surface area contributed by atoms with Gasteiger partial charge >= 0.3 is 6.09 Å². The van der Waals surface area contributed by atoms with E-state index in [1.54, 1.807) is 6.20 Å². The molecule has 0 unspecified atom stereocenters. The Morgan fingerprint density at radius 1 is 1.24 bits per heavy atom. The van der Waals surface area contributed by atoms with Gasteiger partial charge in [0.15, 0.2) is 5.52 Å². The van der Waals surface area contributed by atoms with Crippen LogP contribution in [-0.4, -0.2) is 68.6 Å². The molecule has 0 bridgehead atoms. The molecule has 3 aromatic heterocycles. The van der Waals surface area contributed by atoms with Crippen LogP contribution >= 0.6 is 0 Å². The van der Waals surface area contributed by atoms with E-state index in [2.05, 4.69) is 46.2 Å². The van der Waals surface area contributed by atoms with Crippen molar-refractivity contribution in [2.24, 2.45) is 0 Å². The van der Waals surface area contributed by atoms with Crippen molar-refractivity contribution in [3.63, 3.8) is 0 Å². The lowest BCUT2D eigenvalue weighted by atomic mass is 10.1. The highest BCUT2D eigenvalue weighted by Crippen LogP contribution is 2.30. The summed E-state index contributed by atoms with van der Waals surface area (Å²) in [4.78, 5) is 38.2. The molecule has 4 rings (SSSR count). The number of nitrogens with zero attached hydrogens (tertiary/aromatic N) is 5. The molecule has 0 radical (unpaired) electrons. The SMILES string of the molecule is CCCOc1ncc(C#C[Si](C)(C)C)cc1-c1nc2c(CC)n(C3CCN(C(=O)O)CC3)nc2c(=O)[nH]1. The molecule has 3 aromatic rings. The van der Waals surface area contributed by atoms with Crippen LogP contribution in [0.25, 0.3) is 22.4 Å². The Labute approximate surface area is 217 Å². The molecule has 0 atom stereocenters. The molecular weight excluding hydrogens is 488 g/mol. The molecule has 2 N–H and O–H groups in total. The van der Waals surface area contributed by atoms with Gasteiger partial charge in [0.2, 0.25) is 5.88 Å². The van der Waals surface area contributed by atoms with Crippen LogP contribution in [-0.2, 0) is 6.42 Å². The van der Waals surface area contributed by atoms with Crippen LogP contribution in [0.3, 0.4) is 0 Å². The normalized spacial score (nSPS) is 14.5. The first kappa shape index (κ1) is 26.4. The van der Waals surface area contributed by atoms with Crippen molar-refractivity contribution in [3.05, 3.63) is 33.9 Å². The monoisotopic (exact) mass is 522 g/mol. The minimum atomic E-state index is -1.59. The number of nitrogens with one attached hydrogen (secondary N) is 1. The van der Waals surface area contributed by atoms with E-state index in [4.69, 9.17) is 9.72 Å². The Balaban J connectivity index is 1.80. The Morgan fingerprint density at radius 2 is 1.97 bits per heavy atom. The number of H-pyrrole nitrogens is 1. The van der Waals surface area contributed by atoms with Gasteiger partial charge in [-0.3, -0.25) is 9.48 Å². The van der Waals surface area contributed by atoms with Crippen molar-refractivity contribution in [2.75, 3.05) is 19.7 Å². The number of ether oxygens (including phenoxy) is 1. The predicted molar refractivity (Wildman–Crippen MR) is 145 cm³/mol. The lowest BCUT2D eigenvalue weighted by Gasteiger charge is -2.30. The fraction of sp³-hybridized carbons (Fsp3) is 0.500. The number of hydrogen-bond donors (Lipinski definition) is 2. The number of aryl methyl sites for hydroxylation is 1. The molecular formula is C26H34N6O4Si. The summed E-state index contributed by atoms with van der Waals surface area (Å²) >= 11 is 0. The summed E-state index contributed by atoms with van der Waals surface area (Å²) in [6.07, 6.45) is 3.49. The lowest BCUT2D eigenvalue weighted by molar-refractivity contribution is 0.123. The largest absolute Gasteiger partial charge is 0.477 e. The van der Waals surface area contributed by atoms with Crippen molar-refractivity contribution in [3.8, 4) is 28.7 Å². The second kappa shape index (κ2) is 10.8. The number of rotatable bonds is 6. The van der Waals surface area contributed by atoms with Crippen LogP contribution < -0.4 is 10.3 Å². The molecule has 196 valence electrons. The molecule has 1 saturated heterocycles. The van der Waals surface area contributed by atoms with Crippen LogP contribution in [0.1, 0.15) is 50.4 Å². The van der Waals surface area contributed by atoms with Crippen LogP contribution in [0.2, 0.25) is 19.6 Å². The first-order valence-corrected chi connectivity index (χ1v) is 16.3. The fourth-order valence-electron chi connectivity index (χ4n) is 4.36. The topological polar surface area (TPSA) is 126 Å². The molecule has 0 aliphatic carbocycles. The zero-order chi connectivity index (χ0) is 26.7. The fourth-order valence-corrected chi connectivity index (χ4v) is 4.88. The summed E-state index contributed by atoms with van der Waals surface area (Å²) in [6, 6.07) is 1.88. The average molecular weight is 523 g/mol. The molecule has 11 heteroatoms. The standard InChI is InChI=1S/C26H34N6O4Si/c1-6-13-36-25-19(15-17(16-27-25)10-14-37(3,4)5)23-28-21-20(7-2)32(30-22(21)24(33)29-23)18-8-11-31(12-9-18)26(34)35/h15-16,18H,6-9,11-13H2,1-5H3,(H,34,35)(H,28,29,33). The van der Waals surface area contributed by atoms with Gasteiger partial charge < -0.3 is 19.7 Å². The third kappa shape index (κ3) is 5.85. The molecule has 10 nitrogen and oxygen atoms in total. The Morgan fingerprint density at radius 3 is 2.59 bits per heavy atom. The second-order valence-electron chi connectivity index (χ2n) is 10.3. The summed E-state index contributed by atoms with van der Waals surface area (Å²) in [7, 11) is -1.59. The molecule has 1 amide bonds. The summed E-state index contributed by atoms with van der Waals surface area (Å²) in [6.45, 7) is 11.9. The van der Waals surface area contributed by atoms with Gasteiger partial charge in [0.05, 0.1) is 23.9 Å². The number of piperidine rings is 1. The van der Waals surface area contributed by atoms with E-state index in [1.807, 2.05) is 24.6 Å². The highest BCUT2D eigenvalue weighted by molar-refractivity contribution is 6.83. The van der Waals surface area contributed by atoms with E-state index >= 15 is 0 Å². The Bertz CT molecular complexity index is 1420. The first-order valence-electron chi connectivity index (χ1n) is 12.8. The number of aromatic amines is 1. The third-order valence-electron chi connectivity index (χ3n) is 6.20. The number of carboxylic acid groups (broad SMARTS) is 1. The quantitative estimate of drug-likeness (QED) is 0.369. The van der Waals surface area contributed by atoms with E-state index in [1.165, 1.54) is 4.90 Å². The number of aromatic nitrogens is 5. The van der Waals surface area contributed by atoms with Gasteiger partial charge in [-0.25, -0.2) is 14.8 Å². The molecule has 0 saturated carbocycles. The number of fused-ring (bicyclic) bond motifs is 1. The first-order chi connectivity index (χ1) is 17.6. The highest BCUT2D eigenvalue weighted by atomic mass is 28.3. The average Bonchev–Trinajstić information content (AvgIpc) is 3.25. The van der Waals surface area contributed by atoms with Gasteiger partial charge in [0, 0.05) is 24.8 Å². The van der Waals surface area contributed by atoms with E-state index in [-0.39, 0.29) is 17.1 Å². The number of pyridine rings is 1. The second-order valence-corrected chi connectivity index (χ2v) is 15.0. The number of carbonyl (C=O) groups is 1. The third-order valence-corrected chi connectivity index (χ3v) is 7.07. The van der Waals surface area contributed by atoms with E-state index in [0.717, 1.165) is 17.7 Å². The highest BCUT2D eigenvalue weighted by Gasteiger charge is 2.27. The van der Waals surface area contributed by atoms with Crippen molar-refractivity contribution < 1.29 is 14.6 Å². The van der Waals surface area contributed by atoms with E-state index in [9.17, 15) is 14.7 Å². The van der Waals surface area contributed by atoms with Gasteiger partial charge in [-0.2, -0.15) is 5.10 Å². The maximum atomic E-state index is 13.2. The van der Waals surface area contributed by atoms with Crippen LogP contribution in [0, 0.1) is 11.5 Å². The molecule has 1 fully saturated rings. The summed E-state index contributed by atoms with van der Waals surface area (Å²) in [5.74, 6) is 3.98. The molecule has 4 heterocycles. The van der Waals surface area contributed by atoms with Gasteiger partial charge in [-0.15, -0.1) is 5.54 Å². The molecule has 37 heavy (non-hydrogen) atoms. The van der Waals surface area contributed by atoms with Crippen molar-refractivity contribution in [2.45, 2.75) is 65.2 Å². The van der Waals surface area contributed by atoms with E-state index < -0.39 is 14.2 Å². The maximum Gasteiger partial charge on any atom is 0.407 e. The molecule has 1 aliphatic heterocycles. The van der Waals surface area contributed by atoms with E-state index in [0.29, 0.717) is 61.7 Å². The minimum Gasteiger partial charge on any atom is -0.477 e. The summed E-state index contributed by atoms with van der Waals surface area (Å²) < 4.78 is 7.77. The Hall–Kier alpha value is -3.65. The predicted octanol–water partition coefficient (Wildman–Crippen LogP) is 4.08. The summed E-state index contributed by atoms with van der Waals surface area (Å²) in [5, 5.41) is 13.9. The number of hydrogen-bond acceptors (Lipinski definition) is 6. The molecule has 0 spiro atoms. The van der Waals surface area contributed by atoms with Crippen molar-refractivity contribution >= 4 is 25.2 Å². The minimum absolute atomic E-state index is 0.00730. The smallest absolute Gasteiger partial charge is 0.407 e.